The summed E-state index contributed by atoms with van der Waals surface area (Å²) in [6.45, 7) is 3.67. The van der Waals surface area contributed by atoms with Crippen LogP contribution in [0.3, 0.4) is 0 Å². The number of furan rings is 1. The average molecular weight is 362 g/mol. The Morgan fingerprint density at radius 1 is 1.00 bits per heavy atom. The van der Waals surface area contributed by atoms with Crippen LogP contribution >= 0.6 is 23.2 Å². The second-order valence-corrected chi connectivity index (χ2v) is 6.04. The van der Waals surface area contributed by atoms with Gasteiger partial charge in [-0.3, -0.25) is 10.1 Å². The van der Waals surface area contributed by atoms with Gasteiger partial charge in [0.25, 0.3) is 5.91 Å². The molecule has 0 aliphatic heterocycles. The molecule has 3 aromatic rings. The summed E-state index contributed by atoms with van der Waals surface area (Å²) in [6.07, 6.45) is 0. The van der Waals surface area contributed by atoms with Gasteiger partial charge >= 0.3 is 0 Å². The minimum absolute atomic E-state index is 0.152. The van der Waals surface area contributed by atoms with Crippen molar-refractivity contribution in [1.82, 2.24) is 9.97 Å². The van der Waals surface area contributed by atoms with Crippen molar-refractivity contribution in [3.8, 4) is 11.3 Å². The molecule has 0 saturated heterocycles. The summed E-state index contributed by atoms with van der Waals surface area (Å²) in [5.41, 5.74) is 2.27. The van der Waals surface area contributed by atoms with Crippen molar-refractivity contribution >= 4 is 35.1 Å². The number of nitrogens with one attached hydrogen (secondary N) is 1. The molecule has 0 atom stereocenters. The van der Waals surface area contributed by atoms with Crippen molar-refractivity contribution < 1.29 is 9.21 Å². The first-order valence-corrected chi connectivity index (χ1v) is 7.87. The van der Waals surface area contributed by atoms with Gasteiger partial charge in [0.15, 0.2) is 5.76 Å². The van der Waals surface area contributed by atoms with E-state index in [1.165, 1.54) is 0 Å². The third kappa shape index (κ3) is 3.58. The van der Waals surface area contributed by atoms with Crippen LogP contribution in [0.25, 0.3) is 11.3 Å². The molecule has 0 aliphatic carbocycles. The van der Waals surface area contributed by atoms with E-state index in [0.29, 0.717) is 15.8 Å². The van der Waals surface area contributed by atoms with Gasteiger partial charge < -0.3 is 4.42 Å². The summed E-state index contributed by atoms with van der Waals surface area (Å²) >= 11 is 11.9. The Hall–Kier alpha value is -2.37. The molecule has 1 aromatic carbocycles. The van der Waals surface area contributed by atoms with Crippen LogP contribution in [0.5, 0.6) is 0 Å². The van der Waals surface area contributed by atoms with Crippen LogP contribution in [-0.4, -0.2) is 15.9 Å². The normalized spacial score (nSPS) is 10.7. The monoisotopic (exact) mass is 361 g/mol. The van der Waals surface area contributed by atoms with Crippen LogP contribution < -0.4 is 5.32 Å². The highest BCUT2D eigenvalue weighted by molar-refractivity contribution is 6.42. The molecule has 0 saturated carbocycles. The van der Waals surface area contributed by atoms with Gasteiger partial charge in [0.2, 0.25) is 5.95 Å². The van der Waals surface area contributed by atoms with Crippen LogP contribution in [0, 0.1) is 13.8 Å². The molecule has 1 N–H and O–H groups in total. The zero-order valence-electron chi connectivity index (χ0n) is 12.9. The highest BCUT2D eigenvalue weighted by Gasteiger charge is 2.14. The van der Waals surface area contributed by atoms with E-state index in [1.807, 2.05) is 19.9 Å². The fourth-order valence-electron chi connectivity index (χ4n) is 2.21. The average Bonchev–Trinajstić information content (AvgIpc) is 2.99. The smallest absolute Gasteiger partial charge is 0.293 e. The number of carbonyl (C=O) groups excluding carboxylic acids is 1. The van der Waals surface area contributed by atoms with Crippen LogP contribution in [0.2, 0.25) is 10.0 Å². The van der Waals surface area contributed by atoms with E-state index in [2.05, 4.69) is 15.3 Å². The molecule has 0 aliphatic rings. The Bertz CT molecular complexity index is 902. The van der Waals surface area contributed by atoms with Gasteiger partial charge in [0.1, 0.15) is 5.76 Å². The fraction of sp³-hybridized carbons (Fsp3) is 0.118. The van der Waals surface area contributed by atoms with E-state index >= 15 is 0 Å². The van der Waals surface area contributed by atoms with Crippen LogP contribution in [-0.2, 0) is 0 Å². The first kappa shape index (κ1) is 16.5. The molecule has 5 nitrogen and oxygen atoms in total. The van der Waals surface area contributed by atoms with Gasteiger partial charge in [0.05, 0.1) is 10.0 Å². The molecule has 0 spiro atoms. The van der Waals surface area contributed by atoms with E-state index in [9.17, 15) is 4.79 Å². The Morgan fingerprint density at radius 3 is 2.38 bits per heavy atom. The predicted molar refractivity (Wildman–Crippen MR) is 93.6 cm³/mol. The summed E-state index contributed by atoms with van der Waals surface area (Å²) in [5.74, 6) is 0.482. The molecule has 0 fully saturated rings. The molecule has 0 bridgehead atoms. The van der Waals surface area contributed by atoms with Crippen molar-refractivity contribution in [3.63, 3.8) is 0 Å². The number of hydrogen-bond acceptors (Lipinski definition) is 4. The fourth-order valence-corrected chi connectivity index (χ4v) is 2.51. The topological polar surface area (TPSA) is 68.0 Å². The molecule has 122 valence electrons. The molecule has 0 unspecified atom stereocenters. The quantitative estimate of drug-likeness (QED) is 0.719. The lowest BCUT2D eigenvalue weighted by Crippen LogP contribution is -2.14. The van der Waals surface area contributed by atoms with Crippen LogP contribution in [0.4, 0.5) is 5.95 Å². The molecular weight excluding hydrogens is 349 g/mol. The minimum atomic E-state index is -0.425. The number of rotatable bonds is 3. The Balaban J connectivity index is 1.81. The first-order chi connectivity index (χ1) is 11.4. The number of carbonyl (C=O) groups is 1. The van der Waals surface area contributed by atoms with Gasteiger partial charge in [-0.05, 0) is 50.2 Å². The van der Waals surface area contributed by atoms with E-state index in [1.54, 1.807) is 30.3 Å². The van der Waals surface area contributed by atoms with Gasteiger partial charge in [-0.25, -0.2) is 9.97 Å². The van der Waals surface area contributed by atoms with Gasteiger partial charge in [-0.1, -0.05) is 23.2 Å². The summed E-state index contributed by atoms with van der Waals surface area (Å²) in [7, 11) is 0. The summed E-state index contributed by atoms with van der Waals surface area (Å²) in [4.78, 5) is 20.6. The van der Waals surface area contributed by atoms with Gasteiger partial charge in [-0.2, -0.15) is 0 Å². The number of aryl methyl sites for hydroxylation is 2. The first-order valence-electron chi connectivity index (χ1n) is 7.11. The van der Waals surface area contributed by atoms with Gasteiger partial charge in [0, 0.05) is 17.0 Å². The Labute approximate surface area is 148 Å². The lowest BCUT2D eigenvalue weighted by atomic mass is 10.2. The third-order valence-electron chi connectivity index (χ3n) is 3.24. The maximum absolute atomic E-state index is 12.3. The molecule has 3 rings (SSSR count). The number of anilines is 1. The Morgan fingerprint density at radius 2 is 1.71 bits per heavy atom. The number of benzene rings is 1. The molecule has 2 aromatic heterocycles. The summed E-state index contributed by atoms with van der Waals surface area (Å²) < 4.78 is 5.59. The highest BCUT2D eigenvalue weighted by Crippen LogP contribution is 2.29. The number of aromatic nitrogens is 2. The van der Waals surface area contributed by atoms with Crippen LogP contribution in [0.1, 0.15) is 21.9 Å². The molecule has 1 amide bonds. The molecule has 2 heterocycles. The SMILES string of the molecule is Cc1cc(C)nc(NC(=O)c2ccc(-c3ccc(Cl)c(Cl)c3)o2)n1. The standard InChI is InChI=1S/C17H13Cl2N3O2/c1-9-7-10(2)21-17(20-9)22-16(23)15-6-5-14(24-15)11-3-4-12(18)13(19)8-11/h3-8H,1-2H3,(H,20,21,22,23). The zero-order valence-corrected chi connectivity index (χ0v) is 14.4. The molecule has 24 heavy (non-hydrogen) atoms. The molecular formula is C17H13Cl2N3O2. The molecule has 0 radical (unpaired) electrons. The maximum Gasteiger partial charge on any atom is 0.293 e. The van der Waals surface area contributed by atoms with E-state index in [-0.39, 0.29) is 11.7 Å². The van der Waals surface area contributed by atoms with Crippen molar-refractivity contribution in [2.24, 2.45) is 0 Å². The zero-order chi connectivity index (χ0) is 17.3. The number of amides is 1. The Kier molecular flexibility index (Phi) is 4.55. The largest absolute Gasteiger partial charge is 0.451 e. The number of nitrogens with zero attached hydrogens (tertiary/aromatic N) is 2. The van der Waals surface area contributed by atoms with E-state index in [0.717, 1.165) is 17.0 Å². The van der Waals surface area contributed by atoms with Crippen molar-refractivity contribution in [2.45, 2.75) is 13.8 Å². The lowest BCUT2D eigenvalue weighted by Gasteiger charge is -2.04. The lowest BCUT2D eigenvalue weighted by molar-refractivity contribution is 0.0996. The van der Waals surface area contributed by atoms with E-state index in [4.69, 9.17) is 27.6 Å². The predicted octanol–water partition coefficient (Wildman–Crippen LogP) is 4.91. The summed E-state index contributed by atoms with van der Waals surface area (Å²) in [6, 6.07) is 10.2. The second kappa shape index (κ2) is 6.63. The number of halogens is 2. The van der Waals surface area contributed by atoms with E-state index < -0.39 is 5.91 Å². The summed E-state index contributed by atoms with van der Waals surface area (Å²) in [5, 5.41) is 3.50. The van der Waals surface area contributed by atoms with Crippen molar-refractivity contribution in [3.05, 3.63) is 63.6 Å². The molecule has 7 heteroatoms. The van der Waals surface area contributed by atoms with Crippen molar-refractivity contribution in [2.75, 3.05) is 5.32 Å². The second-order valence-electron chi connectivity index (χ2n) is 5.22. The third-order valence-corrected chi connectivity index (χ3v) is 3.98. The minimum Gasteiger partial charge on any atom is -0.451 e. The van der Waals surface area contributed by atoms with Crippen LogP contribution in [0.15, 0.2) is 40.8 Å². The van der Waals surface area contributed by atoms with Gasteiger partial charge in [-0.15, -0.1) is 0 Å². The van der Waals surface area contributed by atoms with Crippen molar-refractivity contribution in [1.29, 1.82) is 0 Å². The highest BCUT2D eigenvalue weighted by atomic mass is 35.5. The number of hydrogen-bond donors (Lipinski definition) is 1. The maximum atomic E-state index is 12.3.